The lowest BCUT2D eigenvalue weighted by atomic mass is 9.60. The summed E-state index contributed by atoms with van der Waals surface area (Å²) in [5, 5.41) is 11.3. The van der Waals surface area contributed by atoms with Gasteiger partial charge in [-0.25, -0.2) is 0 Å². The number of nitrogens with two attached hydrogens (primary N) is 1. The third kappa shape index (κ3) is 3.00. The fourth-order valence-corrected chi connectivity index (χ4v) is 4.91. The predicted octanol–water partition coefficient (Wildman–Crippen LogP) is 3.72. The van der Waals surface area contributed by atoms with Gasteiger partial charge >= 0.3 is 0 Å². The Bertz CT molecular complexity index is 304. The Labute approximate surface area is 119 Å². The molecule has 4 atom stereocenters. The molecule has 2 rings (SSSR count). The summed E-state index contributed by atoms with van der Waals surface area (Å²) in [7, 11) is 0. The van der Waals surface area contributed by atoms with E-state index in [0.29, 0.717) is 12.5 Å². The largest absolute Gasteiger partial charge is 0.389 e. The minimum Gasteiger partial charge on any atom is -0.389 e. The zero-order valence-electron chi connectivity index (χ0n) is 13.1. The summed E-state index contributed by atoms with van der Waals surface area (Å²) in [5.41, 5.74) is 5.67. The maximum atomic E-state index is 11.3. The maximum absolute atomic E-state index is 11.3. The quantitative estimate of drug-likeness (QED) is 0.815. The van der Waals surface area contributed by atoms with Crippen molar-refractivity contribution in [2.45, 2.75) is 77.7 Å². The predicted molar refractivity (Wildman–Crippen MR) is 80.9 cm³/mol. The smallest absolute Gasteiger partial charge is 0.0718 e. The highest BCUT2D eigenvalue weighted by molar-refractivity contribution is 5.05. The van der Waals surface area contributed by atoms with Crippen LogP contribution in [0.1, 0.15) is 72.1 Å². The topological polar surface area (TPSA) is 46.2 Å². The van der Waals surface area contributed by atoms with Gasteiger partial charge < -0.3 is 10.8 Å². The molecule has 0 saturated heterocycles. The first kappa shape index (κ1) is 15.3. The van der Waals surface area contributed by atoms with E-state index in [9.17, 15) is 5.11 Å². The lowest BCUT2D eigenvalue weighted by Gasteiger charge is -2.49. The fourth-order valence-electron chi connectivity index (χ4n) is 4.91. The van der Waals surface area contributed by atoms with E-state index < -0.39 is 5.60 Å². The summed E-state index contributed by atoms with van der Waals surface area (Å²) in [6.07, 6.45) is 9.23. The van der Waals surface area contributed by atoms with Crippen LogP contribution in [0.5, 0.6) is 0 Å². The molecule has 112 valence electrons. The SMILES string of the molecule is CC(C)CC1CCCC(O)(C2(CN)CCC(C)C2)C1. The molecule has 0 spiro atoms. The first-order valence-corrected chi connectivity index (χ1v) is 8.33. The molecule has 0 aromatic rings. The third-order valence-corrected chi connectivity index (χ3v) is 5.87. The van der Waals surface area contributed by atoms with Gasteiger partial charge in [0.2, 0.25) is 0 Å². The average Bonchev–Trinajstić information content (AvgIpc) is 2.72. The second-order valence-corrected chi connectivity index (χ2v) is 7.96. The van der Waals surface area contributed by atoms with Crippen molar-refractivity contribution in [1.29, 1.82) is 0 Å². The summed E-state index contributed by atoms with van der Waals surface area (Å²) >= 11 is 0. The summed E-state index contributed by atoms with van der Waals surface area (Å²) in [6.45, 7) is 7.57. The van der Waals surface area contributed by atoms with E-state index in [1.54, 1.807) is 0 Å². The highest BCUT2D eigenvalue weighted by Gasteiger charge is 2.53. The molecule has 0 aromatic carbocycles. The van der Waals surface area contributed by atoms with E-state index in [1.165, 1.54) is 25.7 Å². The molecular weight excluding hydrogens is 234 g/mol. The molecule has 3 N–H and O–H groups in total. The Kier molecular flexibility index (Phi) is 4.62. The Balaban J connectivity index is 2.11. The van der Waals surface area contributed by atoms with E-state index in [0.717, 1.165) is 37.5 Å². The van der Waals surface area contributed by atoms with Gasteiger partial charge in [0.25, 0.3) is 0 Å². The van der Waals surface area contributed by atoms with Crippen LogP contribution in [-0.4, -0.2) is 17.3 Å². The Hall–Kier alpha value is -0.0800. The van der Waals surface area contributed by atoms with Crippen LogP contribution in [0.2, 0.25) is 0 Å². The molecule has 0 radical (unpaired) electrons. The third-order valence-electron chi connectivity index (χ3n) is 5.87. The molecule has 0 aromatic heterocycles. The Morgan fingerprint density at radius 3 is 2.47 bits per heavy atom. The number of aliphatic hydroxyl groups is 1. The van der Waals surface area contributed by atoms with E-state index in [2.05, 4.69) is 20.8 Å². The van der Waals surface area contributed by atoms with Crippen molar-refractivity contribution in [3.8, 4) is 0 Å². The summed E-state index contributed by atoms with van der Waals surface area (Å²) in [6, 6.07) is 0. The molecule has 19 heavy (non-hydrogen) atoms. The zero-order chi connectivity index (χ0) is 14.1. The molecule has 2 fully saturated rings. The van der Waals surface area contributed by atoms with Crippen LogP contribution >= 0.6 is 0 Å². The molecule has 0 amide bonds. The minimum absolute atomic E-state index is 0.0159. The Morgan fingerprint density at radius 1 is 1.21 bits per heavy atom. The van der Waals surface area contributed by atoms with Crippen LogP contribution in [0.4, 0.5) is 0 Å². The van der Waals surface area contributed by atoms with Gasteiger partial charge in [0.05, 0.1) is 5.60 Å². The first-order valence-electron chi connectivity index (χ1n) is 8.33. The van der Waals surface area contributed by atoms with Crippen molar-refractivity contribution >= 4 is 0 Å². The number of hydrogen-bond acceptors (Lipinski definition) is 2. The van der Waals surface area contributed by atoms with Crippen LogP contribution in [0, 0.1) is 23.2 Å². The summed E-state index contributed by atoms with van der Waals surface area (Å²) < 4.78 is 0. The lowest BCUT2D eigenvalue weighted by molar-refractivity contribution is -0.118. The first-order chi connectivity index (χ1) is 8.91. The summed E-state index contributed by atoms with van der Waals surface area (Å²) in [4.78, 5) is 0. The van der Waals surface area contributed by atoms with Gasteiger partial charge in [-0.05, 0) is 49.9 Å². The standard InChI is InChI=1S/C17H33NO/c1-13(2)9-15-5-4-7-17(19,11-15)16(12-18)8-6-14(3)10-16/h13-15,19H,4-12,18H2,1-3H3. The van der Waals surface area contributed by atoms with Crippen molar-refractivity contribution in [3.05, 3.63) is 0 Å². The lowest BCUT2D eigenvalue weighted by Crippen LogP contribution is -2.53. The number of rotatable bonds is 4. The molecule has 0 heterocycles. The van der Waals surface area contributed by atoms with E-state index >= 15 is 0 Å². The van der Waals surface area contributed by atoms with Crippen molar-refractivity contribution in [2.24, 2.45) is 28.9 Å². The molecule has 2 saturated carbocycles. The zero-order valence-corrected chi connectivity index (χ0v) is 13.1. The molecule has 2 nitrogen and oxygen atoms in total. The van der Waals surface area contributed by atoms with Crippen LogP contribution in [0.3, 0.4) is 0 Å². The Morgan fingerprint density at radius 2 is 1.95 bits per heavy atom. The van der Waals surface area contributed by atoms with Gasteiger partial charge in [0, 0.05) is 12.0 Å². The van der Waals surface area contributed by atoms with Gasteiger partial charge in [-0.15, -0.1) is 0 Å². The molecule has 2 aliphatic rings. The number of hydrogen-bond donors (Lipinski definition) is 2. The second kappa shape index (κ2) is 5.73. The van der Waals surface area contributed by atoms with Crippen LogP contribution in [0.25, 0.3) is 0 Å². The molecule has 4 unspecified atom stereocenters. The van der Waals surface area contributed by atoms with E-state index in [-0.39, 0.29) is 5.41 Å². The van der Waals surface area contributed by atoms with Crippen molar-refractivity contribution in [1.82, 2.24) is 0 Å². The van der Waals surface area contributed by atoms with Gasteiger partial charge in [0.15, 0.2) is 0 Å². The minimum atomic E-state index is -0.482. The average molecular weight is 267 g/mol. The molecule has 0 bridgehead atoms. The molecule has 2 heteroatoms. The molecular formula is C17H33NO. The van der Waals surface area contributed by atoms with Crippen LogP contribution < -0.4 is 5.73 Å². The van der Waals surface area contributed by atoms with E-state index in [1.807, 2.05) is 0 Å². The summed E-state index contributed by atoms with van der Waals surface area (Å²) in [5.74, 6) is 2.18. The molecule has 0 aliphatic heterocycles. The van der Waals surface area contributed by atoms with Crippen molar-refractivity contribution in [2.75, 3.05) is 6.54 Å². The highest BCUT2D eigenvalue weighted by Crippen LogP contribution is 2.54. The maximum Gasteiger partial charge on any atom is 0.0718 e. The normalized spacial score (nSPS) is 43.9. The van der Waals surface area contributed by atoms with Gasteiger partial charge in [0.1, 0.15) is 0 Å². The van der Waals surface area contributed by atoms with Crippen molar-refractivity contribution in [3.63, 3.8) is 0 Å². The van der Waals surface area contributed by atoms with Gasteiger partial charge in [-0.3, -0.25) is 0 Å². The van der Waals surface area contributed by atoms with Crippen molar-refractivity contribution < 1.29 is 5.11 Å². The van der Waals surface area contributed by atoms with E-state index in [4.69, 9.17) is 5.73 Å². The van der Waals surface area contributed by atoms with Crippen LogP contribution in [-0.2, 0) is 0 Å². The van der Waals surface area contributed by atoms with Gasteiger partial charge in [-0.2, -0.15) is 0 Å². The molecule has 2 aliphatic carbocycles. The second-order valence-electron chi connectivity index (χ2n) is 7.96. The highest BCUT2D eigenvalue weighted by atomic mass is 16.3. The van der Waals surface area contributed by atoms with Crippen LogP contribution in [0.15, 0.2) is 0 Å². The van der Waals surface area contributed by atoms with Gasteiger partial charge in [-0.1, -0.05) is 40.0 Å². The monoisotopic (exact) mass is 267 g/mol. The fraction of sp³-hybridized carbons (Fsp3) is 1.00.